The quantitative estimate of drug-likeness (QED) is 0.171. The van der Waals surface area contributed by atoms with Crippen LogP contribution in [0.5, 0.6) is 0 Å². The van der Waals surface area contributed by atoms with Gasteiger partial charge in [-0.05, 0) is 0 Å². The molecule has 2 heterocycles. The van der Waals surface area contributed by atoms with Crippen LogP contribution >= 0.6 is 23.1 Å². The Balaban J connectivity index is 2.23. The summed E-state index contributed by atoms with van der Waals surface area (Å²) >= 11 is 0.319. The monoisotopic (exact) mass is 744 g/mol. The second-order valence-electron chi connectivity index (χ2n) is 13.7. The average molecular weight is 742 g/mol. The molecule has 0 saturated carbocycles. The van der Waals surface area contributed by atoms with E-state index in [1.54, 1.807) is 12.6 Å². The molecule has 0 radical (unpaired) electrons. The number of thioether (sulfide) groups is 1. The van der Waals surface area contributed by atoms with Crippen molar-refractivity contribution in [3.63, 3.8) is 0 Å². The number of allylic oxidation sites excluding steroid dienone is 1. The third-order valence-electron chi connectivity index (χ3n) is 8.61. The molecule has 1 aliphatic heterocycles. The van der Waals surface area contributed by atoms with Crippen LogP contribution in [0.3, 0.4) is 0 Å². The Morgan fingerprint density at radius 1 is 0.778 bits per heavy atom. The molecule has 1 aliphatic carbocycles. The fourth-order valence-corrected chi connectivity index (χ4v) is 20.2. The fourth-order valence-electron chi connectivity index (χ4n) is 6.00. The van der Waals surface area contributed by atoms with Gasteiger partial charge in [-0.15, -0.1) is 0 Å². The minimum absolute atomic E-state index is 0.671. The first-order chi connectivity index (χ1) is 16.9. The Hall–Kier alpha value is 1.13. The van der Waals surface area contributed by atoms with Crippen molar-refractivity contribution >= 4 is 73.9 Å². The van der Waals surface area contributed by atoms with E-state index in [-0.39, 0.29) is 0 Å². The van der Waals surface area contributed by atoms with Gasteiger partial charge in [0.15, 0.2) is 0 Å². The second-order valence-corrected chi connectivity index (χ2v) is 46.8. The summed E-state index contributed by atoms with van der Waals surface area (Å²) in [5, 5.41) is 2.42. The molecule has 3 rings (SSSR count). The van der Waals surface area contributed by atoms with Crippen molar-refractivity contribution in [2.45, 2.75) is 127 Å². The van der Waals surface area contributed by atoms with Crippen molar-refractivity contribution in [1.29, 1.82) is 0 Å². The van der Waals surface area contributed by atoms with E-state index < -0.39 is 36.8 Å². The predicted molar refractivity (Wildman–Crippen MR) is 176 cm³/mol. The Morgan fingerprint density at radius 3 is 1.81 bits per heavy atom. The molecule has 2 aliphatic rings. The molecular formula is C32H56S2Sn2. The van der Waals surface area contributed by atoms with Crippen molar-refractivity contribution in [3.05, 3.63) is 24.8 Å². The van der Waals surface area contributed by atoms with Gasteiger partial charge in [0.05, 0.1) is 0 Å². The Morgan fingerprint density at radius 2 is 1.33 bits per heavy atom. The van der Waals surface area contributed by atoms with Crippen LogP contribution in [0.2, 0.25) is 29.6 Å². The number of thiophene rings is 1. The molecule has 204 valence electrons. The van der Waals surface area contributed by atoms with Crippen LogP contribution < -0.4 is 12.6 Å². The summed E-state index contributed by atoms with van der Waals surface area (Å²) in [6, 6.07) is 2.75. The zero-order valence-electron chi connectivity index (χ0n) is 25.4. The van der Waals surface area contributed by atoms with Gasteiger partial charge in [0, 0.05) is 0 Å². The van der Waals surface area contributed by atoms with Gasteiger partial charge in [-0.2, -0.15) is 0 Å². The molecule has 1 aromatic heterocycles. The second kappa shape index (κ2) is 13.7. The number of hydrogen-bond acceptors (Lipinski definition) is 2. The van der Waals surface area contributed by atoms with Gasteiger partial charge < -0.3 is 0 Å². The van der Waals surface area contributed by atoms with Crippen molar-refractivity contribution in [2.24, 2.45) is 17.8 Å². The van der Waals surface area contributed by atoms with E-state index in [4.69, 9.17) is 0 Å². The van der Waals surface area contributed by atoms with Crippen molar-refractivity contribution in [1.82, 2.24) is 0 Å². The molecule has 4 atom stereocenters. The normalized spacial score (nSPS) is 21.9. The minimum atomic E-state index is -2.15. The molecule has 4 heteroatoms. The summed E-state index contributed by atoms with van der Waals surface area (Å²) in [6.07, 6.45) is 16.5. The number of rotatable bonds is 14. The van der Waals surface area contributed by atoms with Gasteiger partial charge in [0.25, 0.3) is 0 Å². The van der Waals surface area contributed by atoms with Crippen molar-refractivity contribution in [2.75, 3.05) is 0 Å². The van der Waals surface area contributed by atoms with Crippen molar-refractivity contribution < 1.29 is 0 Å². The third kappa shape index (κ3) is 7.65. The zero-order chi connectivity index (χ0) is 26.7. The summed E-state index contributed by atoms with van der Waals surface area (Å²) in [5.74, 6) is 2.38. The van der Waals surface area contributed by atoms with Gasteiger partial charge in [-0.25, -0.2) is 0 Å². The van der Waals surface area contributed by atoms with E-state index in [1.807, 2.05) is 14.1 Å². The fraction of sp³-hybridized carbons (Fsp3) is 0.750. The van der Waals surface area contributed by atoms with Crippen LogP contribution in [-0.4, -0.2) is 42.0 Å². The first kappa shape index (κ1) is 31.7. The molecule has 0 aromatic carbocycles. The van der Waals surface area contributed by atoms with Crippen LogP contribution in [0.25, 0.3) is 11.1 Å². The Bertz CT molecular complexity index is 1020. The van der Waals surface area contributed by atoms with E-state index in [1.165, 1.54) is 64.2 Å². The van der Waals surface area contributed by atoms with Gasteiger partial charge in [-0.1, -0.05) is 0 Å². The van der Waals surface area contributed by atoms with Gasteiger partial charge >= 0.3 is 243 Å². The molecule has 0 N–H and O–H groups in total. The summed E-state index contributed by atoms with van der Waals surface area (Å²) in [6.45, 7) is 9.61. The summed E-state index contributed by atoms with van der Waals surface area (Å²) in [4.78, 5) is 15.8. The van der Waals surface area contributed by atoms with Gasteiger partial charge in [-0.3, -0.25) is 0 Å². The summed E-state index contributed by atoms with van der Waals surface area (Å²) < 4.78 is 5.40. The Kier molecular flexibility index (Phi) is 12.0. The van der Waals surface area contributed by atoms with E-state index in [9.17, 15) is 0 Å². The molecule has 1 aromatic rings. The average Bonchev–Trinajstić information content (AvgIpc) is 3.45. The third-order valence-corrected chi connectivity index (χ3v) is 30.3. The maximum atomic E-state index is 2.84. The van der Waals surface area contributed by atoms with Crippen LogP contribution in [0.15, 0.2) is 15.1 Å². The molecule has 0 amide bonds. The SMILES string of the molecule is CCCCC(CC)CC1=c2c[c]([Sn]([CH3])([CH3])[CH3])sc2=C(CC(CC)CCCC)C2C=[C]([Sn]([CH3])([CH3])[CH3])SC12. The first-order valence-corrected chi connectivity index (χ1v) is 36.9. The first-order valence-electron chi connectivity index (χ1n) is 15.2. The van der Waals surface area contributed by atoms with Crippen LogP contribution in [0, 0.1) is 17.8 Å². The molecule has 0 spiro atoms. The van der Waals surface area contributed by atoms with Gasteiger partial charge in [0.1, 0.15) is 0 Å². The molecular weight excluding hydrogens is 686 g/mol. The molecule has 4 unspecified atom stereocenters. The Labute approximate surface area is 241 Å². The molecule has 0 bridgehead atoms. The van der Waals surface area contributed by atoms with Gasteiger partial charge in [0.2, 0.25) is 0 Å². The predicted octanol–water partition coefficient (Wildman–Crippen LogP) is 9.31. The number of unbranched alkanes of at least 4 members (excludes halogenated alkanes) is 2. The van der Waals surface area contributed by atoms with Crippen LogP contribution in [-0.2, 0) is 0 Å². The zero-order valence-corrected chi connectivity index (χ0v) is 32.7. The van der Waals surface area contributed by atoms with Crippen LogP contribution in [0.1, 0.15) is 91.9 Å². The topological polar surface area (TPSA) is 0 Å². The summed E-state index contributed by atoms with van der Waals surface area (Å²) in [5.41, 5.74) is 3.71. The molecule has 0 fully saturated rings. The maximum absolute atomic E-state index is 2.84. The van der Waals surface area contributed by atoms with E-state index in [0.29, 0.717) is 11.2 Å². The van der Waals surface area contributed by atoms with E-state index in [0.717, 1.165) is 11.8 Å². The number of hydrogen-bond donors (Lipinski definition) is 0. The van der Waals surface area contributed by atoms with E-state index in [2.05, 4.69) is 92.6 Å². The summed E-state index contributed by atoms with van der Waals surface area (Å²) in [7, 11) is 0. The van der Waals surface area contributed by atoms with Crippen molar-refractivity contribution in [3.8, 4) is 0 Å². The number of fused-ring (bicyclic) bond motifs is 2. The molecule has 0 nitrogen and oxygen atoms in total. The molecule has 0 saturated heterocycles. The van der Waals surface area contributed by atoms with Crippen LogP contribution in [0.4, 0.5) is 0 Å². The van der Waals surface area contributed by atoms with E-state index >= 15 is 0 Å². The standard InChI is InChI=1S/C26H38S2.6CH3.2Sn/c1-5-9-11-19(7-3)17-23-21-13-15-28-26(21)24(22-14-16-27-25(22)23)18-20(8-4)12-10-6-2;;;;;;;;/h13-14,19-21,26H,5-12,17-18H2,1-4H3;6*1H3;;. The molecule has 36 heavy (non-hydrogen) atoms.